The van der Waals surface area contributed by atoms with Crippen molar-refractivity contribution >= 4 is 43.6 Å². The van der Waals surface area contributed by atoms with Gasteiger partial charge in [0.1, 0.15) is 6.07 Å². The first-order valence-corrected chi connectivity index (χ1v) is 30.0. The van der Waals surface area contributed by atoms with Crippen LogP contribution >= 0.6 is 0 Å². The van der Waals surface area contributed by atoms with E-state index in [2.05, 4.69) is 6.07 Å². The van der Waals surface area contributed by atoms with Gasteiger partial charge in [-0.1, -0.05) is 194 Å². The number of rotatable bonds is 11. The summed E-state index contributed by atoms with van der Waals surface area (Å²) in [6.07, 6.45) is 7.09. The zero-order valence-corrected chi connectivity index (χ0v) is 49.1. The highest BCUT2D eigenvalue weighted by atomic mass is 19.2. The van der Waals surface area contributed by atoms with E-state index in [9.17, 15) is 5.26 Å². The molecule has 0 aliphatic heterocycles. The van der Waals surface area contributed by atoms with Gasteiger partial charge in [-0.2, -0.15) is 5.26 Å². The van der Waals surface area contributed by atoms with Crippen LogP contribution in [-0.2, 0) is 0 Å². The van der Waals surface area contributed by atoms with Crippen molar-refractivity contribution in [2.75, 3.05) is 0 Å². The van der Waals surface area contributed by atoms with Crippen molar-refractivity contribution in [1.29, 1.82) is 5.26 Å². The molecule has 6 heterocycles. The zero-order chi connectivity index (χ0) is 62.8. The number of benzene rings is 10. The number of fused-ring (bicyclic) bond motifs is 6. The Balaban J connectivity index is 0.964. The van der Waals surface area contributed by atoms with Crippen LogP contribution in [-0.4, -0.2) is 29.1 Å². The van der Waals surface area contributed by atoms with Crippen LogP contribution < -0.4 is 0 Å². The Morgan fingerprint density at radius 3 is 0.828 bits per heavy atom. The Hall–Kier alpha value is -12.5. The summed E-state index contributed by atoms with van der Waals surface area (Å²) in [6.45, 7) is 0. The van der Waals surface area contributed by atoms with E-state index in [0.29, 0.717) is 44.0 Å². The second-order valence-electron chi connectivity index (χ2n) is 22.7. The number of aromatic nitrogens is 6. The van der Waals surface area contributed by atoms with Crippen molar-refractivity contribution in [3.63, 3.8) is 0 Å². The van der Waals surface area contributed by atoms with E-state index < -0.39 is 40.2 Å². The summed E-state index contributed by atoms with van der Waals surface area (Å²) in [7, 11) is 0. The number of nitriles is 1. The number of pyridine rings is 4. The first kappa shape index (κ1) is 55.8. The van der Waals surface area contributed by atoms with Crippen LogP contribution in [0.5, 0.6) is 0 Å². The van der Waals surface area contributed by atoms with E-state index in [1.54, 1.807) is 29.4 Å². The molecule has 0 bridgehead atoms. The van der Waals surface area contributed by atoms with E-state index in [4.69, 9.17) is 19.9 Å². The van der Waals surface area contributed by atoms with Gasteiger partial charge in [0.15, 0.2) is 23.3 Å². The fourth-order valence-electron chi connectivity index (χ4n) is 12.7. The summed E-state index contributed by atoms with van der Waals surface area (Å²) in [4.78, 5) is 19.3. The maximum atomic E-state index is 17.3. The molecule has 10 aromatic carbocycles. The van der Waals surface area contributed by atoms with Crippen LogP contribution in [0.1, 0.15) is 5.56 Å². The Kier molecular flexibility index (Phi) is 13.7. The third-order valence-electron chi connectivity index (χ3n) is 17.4. The summed E-state index contributed by atoms with van der Waals surface area (Å²) in [6, 6.07) is 83.4. The quantitative estimate of drug-likeness (QED) is 0.0732. The summed E-state index contributed by atoms with van der Waals surface area (Å²) in [5.41, 5.74) is 13.4. The van der Waals surface area contributed by atoms with Crippen LogP contribution in [0.4, 0.5) is 22.0 Å². The molecule has 0 saturated carbocycles. The van der Waals surface area contributed by atoms with Gasteiger partial charge in [0.25, 0.3) is 0 Å². The van der Waals surface area contributed by atoms with Crippen molar-refractivity contribution in [3.8, 4) is 118 Å². The Labute approximate surface area is 529 Å². The lowest BCUT2D eigenvalue weighted by Gasteiger charge is -2.20. The fourth-order valence-corrected chi connectivity index (χ4v) is 12.7. The maximum absolute atomic E-state index is 17.3. The van der Waals surface area contributed by atoms with Crippen LogP contribution in [0.2, 0.25) is 0 Å². The smallest absolute Gasteiger partial charge is 0.200 e. The summed E-state index contributed by atoms with van der Waals surface area (Å²) in [5.74, 6) is -10.7. The second-order valence-corrected chi connectivity index (χ2v) is 22.7. The molecule has 0 radical (unpaired) electrons. The number of hydrogen-bond donors (Lipinski definition) is 0. The molecule has 0 unspecified atom stereocenters. The van der Waals surface area contributed by atoms with Crippen LogP contribution in [0.25, 0.3) is 156 Å². The molecule has 0 aliphatic carbocycles. The average Bonchev–Trinajstić information content (AvgIpc) is 1.60. The van der Waals surface area contributed by atoms with Crippen molar-refractivity contribution in [1.82, 2.24) is 29.1 Å². The third-order valence-corrected chi connectivity index (χ3v) is 17.4. The molecular weight excluding hydrogens is 1170 g/mol. The van der Waals surface area contributed by atoms with E-state index in [-0.39, 0.29) is 16.9 Å². The molecule has 0 saturated heterocycles. The van der Waals surface area contributed by atoms with Gasteiger partial charge in [0.05, 0.1) is 67.3 Å². The van der Waals surface area contributed by atoms with E-state index >= 15 is 22.0 Å². The van der Waals surface area contributed by atoms with Crippen LogP contribution in [0.15, 0.2) is 280 Å². The van der Waals surface area contributed by atoms with Crippen molar-refractivity contribution in [2.24, 2.45) is 0 Å². The lowest BCUT2D eigenvalue weighted by atomic mass is 9.97. The summed E-state index contributed by atoms with van der Waals surface area (Å²) in [5, 5.41) is 14.7. The van der Waals surface area contributed by atoms with Gasteiger partial charge in [0, 0.05) is 96.4 Å². The summed E-state index contributed by atoms with van der Waals surface area (Å²) < 4.78 is 86.0. The van der Waals surface area contributed by atoms with Gasteiger partial charge < -0.3 is 9.13 Å². The van der Waals surface area contributed by atoms with E-state index in [0.717, 1.165) is 89.2 Å². The van der Waals surface area contributed by atoms with Crippen molar-refractivity contribution < 1.29 is 22.0 Å². The second kappa shape index (κ2) is 22.8. The molecule has 7 nitrogen and oxygen atoms in total. The third kappa shape index (κ3) is 9.74. The molecule has 0 atom stereocenters. The molecule has 0 spiro atoms. The van der Waals surface area contributed by atoms with Gasteiger partial charge in [0.2, 0.25) is 5.82 Å². The molecule has 0 aliphatic rings. The SMILES string of the molecule is N#Cc1cc(-n2c3cc(-c4ccc(-c5ccccc5)nc4)ccc3c3ccc(-c4ccc(-c5ccccc5)nc4)cc32)c(-c2c(F)c(F)c(F)c(F)c2F)cc1-n1c2cc(-c3ccc(-c4ccccc4)nc3)ccc2c2ccc(-c3ccc(-c4ccccc4)nc3)cc21. The Morgan fingerprint density at radius 2 is 0.548 bits per heavy atom. The van der Waals surface area contributed by atoms with Gasteiger partial charge in [-0.05, 0) is 82.9 Å². The minimum atomic E-state index is -2.31. The first-order chi connectivity index (χ1) is 45.6. The van der Waals surface area contributed by atoms with E-state index in [1.807, 2.05) is 247 Å². The molecular formula is C81H46F5N7. The predicted molar refractivity (Wildman–Crippen MR) is 360 cm³/mol. The van der Waals surface area contributed by atoms with Gasteiger partial charge in [-0.25, -0.2) is 22.0 Å². The van der Waals surface area contributed by atoms with E-state index in [1.165, 1.54) is 12.1 Å². The predicted octanol–water partition coefficient (Wildman–Crippen LogP) is 21.0. The normalized spacial score (nSPS) is 11.5. The molecule has 6 aromatic heterocycles. The first-order valence-electron chi connectivity index (χ1n) is 30.0. The molecule has 0 amide bonds. The van der Waals surface area contributed by atoms with Gasteiger partial charge in [-0.3, -0.25) is 19.9 Å². The number of halogens is 5. The molecule has 0 fully saturated rings. The van der Waals surface area contributed by atoms with Crippen LogP contribution in [0, 0.1) is 40.4 Å². The monoisotopic (exact) mass is 1210 g/mol. The molecule has 93 heavy (non-hydrogen) atoms. The highest BCUT2D eigenvalue weighted by Gasteiger charge is 2.31. The van der Waals surface area contributed by atoms with Gasteiger partial charge >= 0.3 is 0 Å². The highest BCUT2D eigenvalue weighted by Crippen LogP contribution is 2.46. The Morgan fingerprint density at radius 1 is 0.269 bits per heavy atom. The maximum Gasteiger partial charge on any atom is 0.200 e. The van der Waals surface area contributed by atoms with Gasteiger partial charge in [-0.15, -0.1) is 0 Å². The minimum absolute atomic E-state index is 0.0127. The molecule has 12 heteroatoms. The lowest BCUT2D eigenvalue weighted by molar-refractivity contribution is 0.381. The minimum Gasteiger partial charge on any atom is -0.309 e. The molecule has 16 aromatic rings. The fraction of sp³-hybridized carbons (Fsp3) is 0. The average molecular weight is 1210 g/mol. The topological polar surface area (TPSA) is 85.2 Å². The lowest BCUT2D eigenvalue weighted by Crippen LogP contribution is -2.09. The molecule has 0 N–H and O–H groups in total. The summed E-state index contributed by atoms with van der Waals surface area (Å²) >= 11 is 0. The zero-order valence-electron chi connectivity index (χ0n) is 49.1. The number of hydrogen-bond acceptors (Lipinski definition) is 5. The highest BCUT2D eigenvalue weighted by molar-refractivity contribution is 6.13. The van der Waals surface area contributed by atoms with Crippen molar-refractivity contribution in [3.05, 3.63) is 314 Å². The van der Waals surface area contributed by atoms with Crippen molar-refractivity contribution in [2.45, 2.75) is 0 Å². The van der Waals surface area contributed by atoms with Crippen LogP contribution in [0.3, 0.4) is 0 Å². The molecule has 16 rings (SSSR count). The largest absolute Gasteiger partial charge is 0.309 e. The number of nitrogens with zero attached hydrogens (tertiary/aromatic N) is 7. The Bertz CT molecular complexity index is 5330. The standard InChI is InChI=1S/C81H46F5N7/c82-77-76(78(83)80(85)81(86)79(77)84)65-42-70(92-71-37-52(56-25-33-66(88-44-56)48-13-5-1-6-14-48)21-29-61(71)62-30-22-53(38-72(62)92)57-26-34-67(89-45-57)49-15-7-2-8-16-49)60(43-87)41-75(65)93-73-39-54(58-27-35-68(90-46-58)50-17-9-3-10-18-50)23-31-63(73)64-32-24-55(40-74(64)93)59-28-36-69(91-47-59)51-19-11-4-12-20-51/h1-42,44-47H. The molecule has 440 valence electrons.